The molecule has 1 atom stereocenters. The van der Waals surface area contributed by atoms with E-state index in [0.717, 1.165) is 30.6 Å². The maximum Gasteiger partial charge on any atom is 0.162 e. The molecule has 88 valence electrons. The summed E-state index contributed by atoms with van der Waals surface area (Å²) in [6, 6.07) is 1.77. The molecule has 4 heteroatoms. The molecular weight excluding hydrogens is 226 g/mol. The highest BCUT2D eigenvalue weighted by molar-refractivity contribution is 6.32. The van der Waals surface area contributed by atoms with Crippen LogP contribution in [0.15, 0.2) is 6.07 Å². The lowest BCUT2D eigenvalue weighted by Crippen LogP contribution is -2.09. The first-order valence-corrected chi connectivity index (χ1v) is 5.79. The molecule has 1 heterocycles. The number of aromatic hydroxyl groups is 1. The van der Waals surface area contributed by atoms with E-state index in [2.05, 4.69) is 5.32 Å². The summed E-state index contributed by atoms with van der Waals surface area (Å²) in [4.78, 5) is 0. The van der Waals surface area contributed by atoms with Crippen molar-refractivity contribution in [3.8, 4) is 11.5 Å². The second-order valence-corrected chi connectivity index (χ2v) is 4.54. The van der Waals surface area contributed by atoms with Crippen LogP contribution in [0.4, 0.5) is 0 Å². The molecule has 0 aromatic heterocycles. The molecule has 0 amide bonds. The number of benzene rings is 1. The van der Waals surface area contributed by atoms with Crippen LogP contribution < -0.4 is 10.1 Å². The van der Waals surface area contributed by atoms with Gasteiger partial charge in [-0.2, -0.15) is 0 Å². The predicted molar refractivity (Wildman–Crippen MR) is 64.6 cm³/mol. The summed E-state index contributed by atoms with van der Waals surface area (Å²) in [6.07, 6.45) is 1.000. The first kappa shape index (κ1) is 11.6. The minimum Gasteiger partial charge on any atom is -0.504 e. The van der Waals surface area contributed by atoms with Crippen LogP contribution in [0.3, 0.4) is 0 Å². The summed E-state index contributed by atoms with van der Waals surface area (Å²) < 4.78 is 5.15. The van der Waals surface area contributed by atoms with Crippen molar-refractivity contribution in [2.75, 3.05) is 20.2 Å². The van der Waals surface area contributed by atoms with Gasteiger partial charge in [0.1, 0.15) is 0 Å². The van der Waals surface area contributed by atoms with Gasteiger partial charge in [-0.25, -0.2) is 0 Å². The van der Waals surface area contributed by atoms with E-state index in [1.54, 1.807) is 13.2 Å². The van der Waals surface area contributed by atoms with Gasteiger partial charge in [0.15, 0.2) is 11.5 Å². The fourth-order valence-corrected chi connectivity index (χ4v) is 2.51. The van der Waals surface area contributed by atoms with Crippen LogP contribution in [0.25, 0.3) is 0 Å². The quantitative estimate of drug-likeness (QED) is 0.836. The fraction of sp³-hybridized carbons (Fsp3) is 0.500. The zero-order chi connectivity index (χ0) is 11.7. The van der Waals surface area contributed by atoms with Gasteiger partial charge < -0.3 is 15.2 Å². The van der Waals surface area contributed by atoms with Gasteiger partial charge in [0.25, 0.3) is 0 Å². The van der Waals surface area contributed by atoms with E-state index in [0.29, 0.717) is 10.8 Å². The van der Waals surface area contributed by atoms with Gasteiger partial charge in [-0.1, -0.05) is 11.6 Å². The Labute approximate surface area is 100 Å². The Hall–Kier alpha value is -0.930. The molecule has 0 saturated carbocycles. The van der Waals surface area contributed by atoms with Gasteiger partial charge in [-0.05, 0) is 31.5 Å². The Kier molecular flexibility index (Phi) is 3.26. The van der Waals surface area contributed by atoms with Crippen molar-refractivity contribution in [2.24, 2.45) is 0 Å². The van der Waals surface area contributed by atoms with Crippen molar-refractivity contribution in [2.45, 2.75) is 19.3 Å². The van der Waals surface area contributed by atoms with Crippen molar-refractivity contribution < 1.29 is 9.84 Å². The highest BCUT2D eigenvalue weighted by atomic mass is 35.5. The Morgan fingerprint density at radius 1 is 1.56 bits per heavy atom. The smallest absolute Gasteiger partial charge is 0.162 e. The van der Waals surface area contributed by atoms with Crippen LogP contribution in [0.2, 0.25) is 5.02 Å². The molecule has 1 aliphatic rings. The summed E-state index contributed by atoms with van der Waals surface area (Å²) in [5.41, 5.74) is 1.77. The number of halogens is 1. The van der Waals surface area contributed by atoms with E-state index in [1.165, 1.54) is 0 Å². The fourth-order valence-electron chi connectivity index (χ4n) is 2.21. The van der Waals surface area contributed by atoms with Gasteiger partial charge in [-0.15, -0.1) is 0 Å². The zero-order valence-electron chi connectivity index (χ0n) is 9.51. The number of hydrogen-bond acceptors (Lipinski definition) is 3. The largest absolute Gasteiger partial charge is 0.504 e. The van der Waals surface area contributed by atoms with Crippen LogP contribution in [0, 0.1) is 6.92 Å². The van der Waals surface area contributed by atoms with Crippen molar-refractivity contribution in [3.05, 3.63) is 22.2 Å². The molecular formula is C12H16ClNO2. The van der Waals surface area contributed by atoms with Crippen LogP contribution in [-0.4, -0.2) is 25.3 Å². The van der Waals surface area contributed by atoms with E-state index in [9.17, 15) is 5.11 Å². The highest BCUT2D eigenvalue weighted by Crippen LogP contribution is 2.43. The summed E-state index contributed by atoms with van der Waals surface area (Å²) in [7, 11) is 1.55. The molecule has 2 N–H and O–H groups in total. The molecule has 1 aromatic carbocycles. The minimum atomic E-state index is 0.187. The lowest BCUT2D eigenvalue weighted by molar-refractivity contribution is 0.368. The minimum absolute atomic E-state index is 0.187. The number of methoxy groups -OCH3 is 1. The summed E-state index contributed by atoms with van der Waals surface area (Å²) >= 11 is 6.26. The van der Waals surface area contributed by atoms with Crippen molar-refractivity contribution in [1.82, 2.24) is 5.32 Å². The topological polar surface area (TPSA) is 41.5 Å². The van der Waals surface area contributed by atoms with Crippen LogP contribution in [-0.2, 0) is 0 Å². The lowest BCUT2D eigenvalue weighted by Gasteiger charge is -2.17. The monoisotopic (exact) mass is 241 g/mol. The molecule has 0 radical (unpaired) electrons. The van der Waals surface area contributed by atoms with Crippen molar-refractivity contribution in [3.63, 3.8) is 0 Å². The molecule has 0 bridgehead atoms. The maximum absolute atomic E-state index is 10.1. The molecule has 3 nitrogen and oxygen atoms in total. The van der Waals surface area contributed by atoms with E-state index in [-0.39, 0.29) is 11.7 Å². The molecule has 0 aliphatic carbocycles. The lowest BCUT2D eigenvalue weighted by atomic mass is 9.95. The van der Waals surface area contributed by atoms with Crippen molar-refractivity contribution in [1.29, 1.82) is 0 Å². The zero-order valence-corrected chi connectivity index (χ0v) is 10.3. The van der Waals surface area contributed by atoms with Gasteiger partial charge in [0.2, 0.25) is 0 Å². The standard InChI is InChI=1S/C12H16ClNO2/c1-7-5-9(16-2)12(15)10(11(7)13)8-3-4-14-6-8/h5,8,14-15H,3-4,6H2,1-2H3. The normalized spacial score (nSPS) is 20.1. The molecule has 1 fully saturated rings. The number of phenolic OH excluding ortho intramolecular Hbond substituents is 1. The van der Waals surface area contributed by atoms with Crippen LogP contribution in [0.5, 0.6) is 11.5 Å². The number of hydrogen-bond donors (Lipinski definition) is 2. The van der Waals surface area contributed by atoms with E-state index >= 15 is 0 Å². The third kappa shape index (κ3) is 1.85. The Morgan fingerprint density at radius 2 is 2.31 bits per heavy atom. The number of rotatable bonds is 2. The second-order valence-electron chi connectivity index (χ2n) is 4.16. The molecule has 1 aromatic rings. The third-order valence-electron chi connectivity index (χ3n) is 3.11. The van der Waals surface area contributed by atoms with Gasteiger partial charge in [-0.3, -0.25) is 0 Å². The predicted octanol–water partition coefficient (Wildman–Crippen LogP) is 2.44. The molecule has 1 unspecified atom stereocenters. The maximum atomic E-state index is 10.1. The number of phenols is 1. The van der Waals surface area contributed by atoms with E-state index in [1.807, 2.05) is 6.92 Å². The van der Waals surface area contributed by atoms with Gasteiger partial charge in [0, 0.05) is 18.0 Å². The highest BCUT2D eigenvalue weighted by Gasteiger charge is 2.25. The molecule has 1 saturated heterocycles. The van der Waals surface area contributed by atoms with Gasteiger partial charge in [0.05, 0.1) is 12.1 Å². The number of ether oxygens (including phenoxy) is 1. The Bertz CT molecular complexity index is 400. The number of aryl methyl sites for hydroxylation is 1. The van der Waals surface area contributed by atoms with Crippen LogP contribution >= 0.6 is 11.6 Å². The SMILES string of the molecule is COc1cc(C)c(Cl)c(C2CCNC2)c1O. The average molecular weight is 242 g/mol. The van der Waals surface area contributed by atoms with Crippen LogP contribution in [0.1, 0.15) is 23.5 Å². The summed E-state index contributed by atoms with van der Waals surface area (Å²) in [5.74, 6) is 0.969. The number of nitrogens with one attached hydrogen (secondary N) is 1. The van der Waals surface area contributed by atoms with Gasteiger partial charge >= 0.3 is 0 Å². The molecule has 16 heavy (non-hydrogen) atoms. The van der Waals surface area contributed by atoms with Crippen molar-refractivity contribution >= 4 is 11.6 Å². The summed E-state index contributed by atoms with van der Waals surface area (Å²) in [5, 5.41) is 14.0. The first-order valence-electron chi connectivity index (χ1n) is 5.41. The van der Waals surface area contributed by atoms with E-state index in [4.69, 9.17) is 16.3 Å². The molecule has 0 spiro atoms. The molecule has 2 rings (SSSR count). The summed E-state index contributed by atoms with van der Waals surface area (Å²) in [6.45, 7) is 3.76. The molecule has 1 aliphatic heterocycles. The average Bonchev–Trinajstić information content (AvgIpc) is 2.77. The second kappa shape index (κ2) is 4.52. The van der Waals surface area contributed by atoms with E-state index < -0.39 is 0 Å². The Balaban J connectivity index is 2.52. The first-order chi connectivity index (χ1) is 7.65. The third-order valence-corrected chi connectivity index (χ3v) is 3.61. The Morgan fingerprint density at radius 3 is 2.88 bits per heavy atom.